The summed E-state index contributed by atoms with van der Waals surface area (Å²) in [7, 11) is 0. The number of aromatic nitrogens is 1. The first kappa shape index (κ1) is 29.1. The minimum absolute atomic E-state index is 0.0232. The van der Waals surface area contributed by atoms with Gasteiger partial charge in [0.1, 0.15) is 22.7 Å². The Kier molecular flexibility index (Phi) is 8.77. The molecule has 9 nitrogen and oxygen atoms in total. The molecule has 2 aromatic carbocycles. The van der Waals surface area contributed by atoms with Crippen molar-refractivity contribution in [2.45, 2.75) is 52.0 Å². The largest absolute Gasteiger partial charge is 0.598 e. The second-order valence-electron chi connectivity index (χ2n) is 10.2. The van der Waals surface area contributed by atoms with Gasteiger partial charge in [0, 0.05) is 58.3 Å². The molecule has 0 aliphatic heterocycles. The quantitative estimate of drug-likeness (QED) is 0.218. The third kappa shape index (κ3) is 6.98. The Morgan fingerprint density at radius 1 is 1.15 bits per heavy atom. The van der Waals surface area contributed by atoms with Gasteiger partial charge in [0.25, 0.3) is 0 Å². The number of carboxylic acid groups (broad SMARTS) is 1. The van der Waals surface area contributed by atoms with Gasteiger partial charge in [-0.1, -0.05) is 6.07 Å². The summed E-state index contributed by atoms with van der Waals surface area (Å²) in [5.41, 5.74) is 2.92. The van der Waals surface area contributed by atoms with Crippen LogP contribution >= 0.6 is 0 Å². The number of anilines is 1. The molecule has 0 bridgehead atoms. The molecule has 1 amide bonds. The van der Waals surface area contributed by atoms with E-state index in [0.717, 1.165) is 5.39 Å². The van der Waals surface area contributed by atoms with Crippen LogP contribution in [0.4, 0.5) is 10.1 Å². The van der Waals surface area contributed by atoms with Crippen molar-refractivity contribution in [2.75, 3.05) is 5.32 Å². The third-order valence-corrected chi connectivity index (χ3v) is 7.43. The zero-order chi connectivity index (χ0) is 29.0. The molecule has 4 rings (SSSR count). The van der Waals surface area contributed by atoms with Crippen LogP contribution in [0.25, 0.3) is 22.1 Å². The van der Waals surface area contributed by atoms with Crippen molar-refractivity contribution in [3.63, 3.8) is 0 Å². The van der Waals surface area contributed by atoms with Crippen LogP contribution in [0.1, 0.15) is 44.5 Å². The Labute approximate surface area is 234 Å². The summed E-state index contributed by atoms with van der Waals surface area (Å²) >= 11 is -1.40. The number of pyridine rings is 1. The van der Waals surface area contributed by atoms with E-state index in [2.05, 4.69) is 15.0 Å². The number of amides is 1. The highest BCUT2D eigenvalue weighted by atomic mass is 32.2. The van der Waals surface area contributed by atoms with Crippen molar-refractivity contribution in [3.8, 4) is 16.9 Å². The second kappa shape index (κ2) is 12.1. The average Bonchev–Trinajstić information content (AvgIpc) is 3.35. The SMILES string of the molecule is CC(=O)Nc1ccc(CC(=O)O)c(OCc2cc(-c3ccnc(CN[S@@+]([O-])C(C)(C)C)c3F)c3occc3c2)c1. The summed E-state index contributed by atoms with van der Waals surface area (Å²) in [6, 6.07) is 11.6. The van der Waals surface area contributed by atoms with Crippen LogP contribution in [0.5, 0.6) is 5.75 Å². The lowest BCUT2D eigenvalue weighted by Gasteiger charge is -2.23. The maximum Gasteiger partial charge on any atom is 0.307 e. The number of benzene rings is 2. The van der Waals surface area contributed by atoms with Crippen LogP contribution < -0.4 is 14.8 Å². The molecule has 11 heteroatoms. The van der Waals surface area contributed by atoms with Gasteiger partial charge in [-0.05, 0) is 56.7 Å². The Morgan fingerprint density at radius 3 is 2.62 bits per heavy atom. The van der Waals surface area contributed by atoms with Gasteiger partial charge in [0.15, 0.2) is 5.82 Å². The summed E-state index contributed by atoms with van der Waals surface area (Å²) < 4.78 is 42.1. The summed E-state index contributed by atoms with van der Waals surface area (Å²) in [5, 5.41) is 12.7. The molecule has 2 aromatic heterocycles. The number of fused-ring (bicyclic) bond motifs is 1. The number of hydrogen-bond donors (Lipinski definition) is 3. The predicted molar refractivity (Wildman–Crippen MR) is 151 cm³/mol. The van der Waals surface area contributed by atoms with Gasteiger partial charge < -0.3 is 24.1 Å². The van der Waals surface area contributed by atoms with E-state index < -0.39 is 27.9 Å². The van der Waals surface area contributed by atoms with Crippen LogP contribution in [-0.2, 0) is 40.5 Å². The number of carbonyl (C=O) groups excluding carboxylic acids is 1. The Hall–Kier alpha value is -3.93. The van der Waals surface area contributed by atoms with Crippen molar-refractivity contribution in [1.29, 1.82) is 0 Å². The van der Waals surface area contributed by atoms with Crippen molar-refractivity contribution in [2.24, 2.45) is 0 Å². The smallest absolute Gasteiger partial charge is 0.307 e. The monoisotopic (exact) mass is 567 g/mol. The number of nitrogens with one attached hydrogen (secondary N) is 2. The van der Waals surface area contributed by atoms with E-state index in [1.165, 1.54) is 19.4 Å². The van der Waals surface area contributed by atoms with E-state index in [9.17, 15) is 19.2 Å². The van der Waals surface area contributed by atoms with Crippen molar-refractivity contribution in [1.82, 2.24) is 9.71 Å². The highest BCUT2D eigenvalue weighted by molar-refractivity contribution is 7.90. The van der Waals surface area contributed by atoms with Gasteiger partial charge in [-0.2, -0.15) is 0 Å². The van der Waals surface area contributed by atoms with Gasteiger partial charge in [0.05, 0.1) is 24.9 Å². The maximum atomic E-state index is 15.7. The molecule has 0 saturated carbocycles. The molecule has 0 fully saturated rings. The molecule has 2 heterocycles. The van der Waals surface area contributed by atoms with Gasteiger partial charge in [0.2, 0.25) is 5.91 Å². The summed E-state index contributed by atoms with van der Waals surface area (Å²) in [6.45, 7) is 6.84. The first-order valence-corrected chi connectivity index (χ1v) is 13.6. The fourth-order valence-corrected chi connectivity index (χ4v) is 4.74. The van der Waals surface area contributed by atoms with Crippen LogP contribution in [0.15, 0.2) is 59.3 Å². The third-order valence-electron chi connectivity index (χ3n) is 5.91. The molecule has 0 radical (unpaired) electrons. The van der Waals surface area contributed by atoms with E-state index in [1.807, 2.05) is 26.8 Å². The van der Waals surface area contributed by atoms with Crippen LogP contribution in [0.3, 0.4) is 0 Å². The lowest BCUT2D eigenvalue weighted by Crippen LogP contribution is -2.39. The molecule has 0 aliphatic rings. The molecule has 210 valence electrons. The van der Waals surface area contributed by atoms with Crippen LogP contribution in [0.2, 0.25) is 0 Å². The predicted octanol–water partition coefficient (Wildman–Crippen LogP) is 5.35. The lowest BCUT2D eigenvalue weighted by atomic mass is 10.00. The zero-order valence-corrected chi connectivity index (χ0v) is 23.4. The standard InChI is InChI=1S/C29H30FN3O6S/c1-17(34)33-21-6-5-19(13-26(35)36)25(14-21)39-16-18-11-20-8-10-38-28(20)23(12-18)22-7-9-31-24(27(22)30)15-32-40(37)29(2,3)4/h5-12,14,32H,13,15-16H2,1-4H3,(H,33,34)(H,35,36)/t40-/m0/s1. The zero-order valence-electron chi connectivity index (χ0n) is 22.5. The molecule has 0 spiro atoms. The summed E-state index contributed by atoms with van der Waals surface area (Å²) in [4.78, 5) is 27.0. The van der Waals surface area contributed by atoms with Gasteiger partial charge in [-0.15, -0.1) is 4.72 Å². The molecule has 0 saturated heterocycles. The summed E-state index contributed by atoms with van der Waals surface area (Å²) in [6.07, 6.45) is 2.73. The van der Waals surface area contributed by atoms with E-state index in [0.29, 0.717) is 33.7 Å². The molecule has 0 unspecified atom stereocenters. The molecule has 40 heavy (non-hydrogen) atoms. The van der Waals surface area contributed by atoms with Gasteiger partial charge >= 0.3 is 5.97 Å². The topological polar surface area (TPSA) is 137 Å². The minimum atomic E-state index is -1.40. The van der Waals surface area contributed by atoms with Crippen LogP contribution in [-0.4, -0.2) is 31.3 Å². The van der Waals surface area contributed by atoms with Crippen molar-refractivity contribution in [3.05, 3.63) is 77.6 Å². The Balaban J connectivity index is 1.65. The number of rotatable bonds is 10. The minimum Gasteiger partial charge on any atom is -0.598 e. The number of furan rings is 1. The summed E-state index contributed by atoms with van der Waals surface area (Å²) in [5.74, 6) is -1.56. The lowest BCUT2D eigenvalue weighted by molar-refractivity contribution is -0.136. The Morgan fingerprint density at radius 2 is 1.93 bits per heavy atom. The molecular weight excluding hydrogens is 537 g/mol. The van der Waals surface area contributed by atoms with E-state index in [1.54, 1.807) is 36.4 Å². The van der Waals surface area contributed by atoms with Gasteiger partial charge in [-0.25, -0.2) is 4.39 Å². The first-order chi connectivity index (χ1) is 18.9. The fourth-order valence-electron chi connectivity index (χ4n) is 4.04. The molecule has 0 aliphatic carbocycles. The number of hydrogen-bond acceptors (Lipinski definition) is 7. The molecule has 4 aromatic rings. The number of ether oxygens (including phenoxy) is 1. The highest BCUT2D eigenvalue weighted by Crippen LogP contribution is 2.34. The molecule has 1 atom stereocenters. The Bertz CT molecular complexity index is 1550. The van der Waals surface area contributed by atoms with E-state index in [4.69, 9.17) is 9.15 Å². The molecule has 3 N–H and O–H groups in total. The normalized spacial score (nSPS) is 12.3. The van der Waals surface area contributed by atoms with E-state index in [-0.39, 0.29) is 36.7 Å². The average molecular weight is 568 g/mol. The number of carbonyl (C=O) groups is 2. The first-order valence-electron chi connectivity index (χ1n) is 12.5. The van der Waals surface area contributed by atoms with Crippen molar-refractivity contribution < 1.29 is 32.8 Å². The second-order valence-corrected chi connectivity index (χ2v) is 12.2. The van der Waals surface area contributed by atoms with Crippen LogP contribution in [0, 0.1) is 5.82 Å². The number of halogens is 1. The van der Waals surface area contributed by atoms with E-state index >= 15 is 4.39 Å². The number of carboxylic acids is 1. The van der Waals surface area contributed by atoms with Gasteiger partial charge in [-0.3, -0.25) is 14.6 Å². The fraction of sp³-hybridized carbons (Fsp3) is 0.276. The molecular formula is C29H30FN3O6S. The number of aliphatic carboxylic acids is 1. The van der Waals surface area contributed by atoms with Crippen molar-refractivity contribution >= 4 is 39.9 Å². The number of nitrogens with zero attached hydrogens (tertiary/aromatic N) is 1. The maximum absolute atomic E-state index is 15.7. The highest BCUT2D eigenvalue weighted by Gasteiger charge is 2.27.